The second-order valence-corrected chi connectivity index (χ2v) is 8.48. The van der Waals surface area contributed by atoms with Gasteiger partial charge in [-0.3, -0.25) is 9.89 Å². The van der Waals surface area contributed by atoms with Crippen LogP contribution in [0.2, 0.25) is 0 Å². The summed E-state index contributed by atoms with van der Waals surface area (Å²) in [5, 5.41) is 17.1. The number of H-pyrrole nitrogens is 1. The van der Waals surface area contributed by atoms with Crippen molar-refractivity contribution in [2.24, 2.45) is 0 Å². The molecule has 1 amide bonds. The molecule has 1 fully saturated rings. The van der Waals surface area contributed by atoms with Crippen LogP contribution in [0.15, 0.2) is 35.3 Å². The number of fused-ring (bicyclic) bond motifs is 1. The number of halogens is 2. The van der Waals surface area contributed by atoms with Crippen LogP contribution in [0.25, 0.3) is 22.6 Å². The molecule has 32 heavy (non-hydrogen) atoms. The predicted octanol–water partition coefficient (Wildman–Crippen LogP) is 3.91. The van der Waals surface area contributed by atoms with Crippen LogP contribution in [0.3, 0.4) is 0 Å². The molecule has 4 heterocycles. The molecule has 0 bridgehead atoms. The van der Waals surface area contributed by atoms with Crippen LogP contribution in [-0.4, -0.2) is 43.1 Å². The normalized spacial score (nSPS) is 18.6. The number of carbonyl (C=O) groups excluding carboxylic acids is 1. The summed E-state index contributed by atoms with van der Waals surface area (Å²) in [5.41, 5.74) is 1.33. The highest BCUT2D eigenvalue weighted by atomic mass is 32.1. The first-order valence-corrected chi connectivity index (χ1v) is 11.1. The number of aromatic amines is 1. The van der Waals surface area contributed by atoms with E-state index in [-0.39, 0.29) is 29.6 Å². The van der Waals surface area contributed by atoms with Crippen LogP contribution in [0.4, 0.5) is 14.6 Å². The van der Waals surface area contributed by atoms with E-state index in [0.717, 1.165) is 31.7 Å². The number of hydrogen-bond acceptors (Lipinski definition) is 7. The molecule has 11 heteroatoms. The van der Waals surface area contributed by atoms with Crippen LogP contribution in [-0.2, 0) is 0 Å². The zero-order valence-corrected chi connectivity index (χ0v) is 17.6. The van der Waals surface area contributed by atoms with Gasteiger partial charge >= 0.3 is 0 Å². The molecular weight excluding hydrogens is 436 g/mol. The maximum absolute atomic E-state index is 14.5. The molecule has 1 aliphatic rings. The first kappa shape index (κ1) is 20.4. The van der Waals surface area contributed by atoms with Gasteiger partial charge in [-0.25, -0.2) is 23.7 Å². The van der Waals surface area contributed by atoms with E-state index in [1.165, 1.54) is 17.4 Å². The number of anilines is 1. The maximum Gasteiger partial charge on any atom is 0.252 e. The molecule has 0 radical (unpaired) electrons. The Morgan fingerprint density at radius 1 is 1.19 bits per heavy atom. The van der Waals surface area contributed by atoms with E-state index >= 15 is 0 Å². The minimum absolute atomic E-state index is 0.0105. The van der Waals surface area contributed by atoms with Crippen molar-refractivity contribution < 1.29 is 13.6 Å². The van der Waals surface area contributed by atoms with Crippen molar-refractivity contribution >= 4 is 34.1 Å². The van der Waals surface area contributed by atoms with Crippen molar-refractivity contribution in [1.29, 1.82) is 0 Å². The molecule has 1 aliphatic carbocycles. The van der Waals surface area contributed by atoms with Crippen LogP contribution < -0.4 is 10.6 Å². The highest BCUT2D eigenvalue weighted by Gasteiger charge is 2.25. The van der Waals surface area contributed by atoms with Gasteiger partial charge in [0, 0.05) is 23.0 Å². The zero-order valence-electron chi connectivity index (χ0n) is 16.8. The molecule has 164 valence electrons. The molecular formula is C21H19F2N7OS. The maximum atomic E-state index is 14.5. The first-order chi connectivity index (χ1) is 15.6. The van der Waals surface area contributed by atoms with Crippen molar-refractivity contribution in [2.75, 3.05) is 5.32 Å². The zero-order chi connectivity index (χ0) is 22.1. The van der Waals surface area contributed by atoms with Gasteiger partial charge in [-0.1, -0.05) is 0 Å². The Labute approximate surface area is 185 Å². The number of carbonyl (C=O) groups is 1. The average Bonchev–Trinajstić information content (AvgIpc) is 3.46. The number of thiophene rings is 1. The molecule has 2 atom stereocenters. The standard InChI is InChI=1S/C21H19F2N7OS/c22-12-6-15-17(29-30-18(15)24-8-12)20-25-9-16(23)19(28-20)26-13-2-1-3-14(7-13)27-21(31)11-4-5-32-10-11/h4-6,8-10,13-14H,1-3,7H2,(H,27,31)(H,24,29,30)(H,25,26,28)/t13-,14?/m0/s1. The molecule has 0 aliphatic heterocycles. The Bertz CT molecular complexity index is 1260. The van der Waals surface area contributed by atoms with Crippen molar-refractivity contribution in [3.63, 3.8) is 0 Å². The van der Waals surface area contributed by atoms with Gasteiger partial charge in [-0.15, -0.1) is 0 Å². The third-order valence-corrected chi connectivity index (χ3v) is 6.16. The Kier molecular flexibility index (Phi) is 5.48. The summed E-state index contributed by atoms with van der Waals surface area (Å²) in [6.45, 7) is 0. The lowest BCUT2D eigenvalue weighted by Gasteiger charge is -2.30. The lowest BCUT2D eigenvalue weighted by Crippen LogP contribution is -2.41. The molecule has 0 spiro atoms. The molecule has 8 nitrogen and oxygen atoms in total. The van der Waals surface area contributed by atoms with Crippen molar-refractivity contribution in [3.8, 4) is 11.5 Å². The van der Waals surface area contributed by atoms with Crippen LogP contribution >= 0.6 is 11.3 Å². The summed E-state index contributed by atoms with van der Waals surface area (Å²) in [4.78, 5) is 24.6. The molecule has 3 N–H and O–H groups in total. The van der Waals surface area contributed by atoms with Crippen LogP contribution in [0.5, 0.6) is 0 Å². The lowest BCUT2D eigenvalue weighted by molar-refractivity contribution is 0.0927. The fraction of sp³-hybridized carbons (Fsp3) is 0.286. The number of amides is 1. The second kappa shape index (κ2) is 8.58. The van der Waals surface area contributed by atoms with Crippen molar-refractivity contribution in [3.05, 3.63) is 52.5 Å². The largest absolute Gasteiger partial charge is 0.365 e. The monoisotopic (exact) mass is 455 g/mol. The van der Waals surface area contributed by atoms with Gasteiger partial charge in [0.2, 0.25) is 0 Å². The van der Waals surface area contributed by atoms with Crippen LogP contribution in [0.1, 0.15) is 36.0 Å². The number of nitrogens with zero attached hydrogens (tertiary/aromatic N) is 4. The molecule has 1 unspecified atom stereocenters. The van der Waals surface area contributed by atoms with E-state index in [2.05, 4.69) is 35.8 Å². The third-order valence-electron chi connectivity index (χ3n) is 5.48. The number of nitrogens with one attached hydrogen (secondary N) is 3. The Balaban J connectivity index is 1.33. The summed E-state index contributed by atoms with van der Waals surface area (Å²) in [7, 11) is 0. The van der Waals surface area contributed by atoms with Gasteiger partial charge in [-0.05, 0) is 43.2 Å². The molecule has 0 saturated heterocycles. The number of hydrogen-bond donors (Lipinski definition) is 3. The average molecular weight is 455 g/mol. The summed E-state index contributed by atoms with van der Waals surface area (Å²) in [6.07, 6.45) is 5.37. The topological polar surface area (TPSA) is 108 Å². The second-order valence-electron chi connectivity index (χ2n) is 7.70. The lowest BCUT2D eigenvalue weighted by atomic mass is 9.90. The Morgan fingerprint density at radius 3 is 2.91 bits per heavy atom. The molecule has 5 rings (SSSR count). The van der Waals surface area contributed by atoms with Gasteiger partial charge in [0.05, 0.1) is 17.8 Å². The highest BCUT2D eigenvalue weighted by molar-refractivity contribution is 7.08. The summed E-state index contributed by atoms with van der Waals surface area (Å²) >= 11 is 1.47. The number of aromatic nitrogens is 5. The minimum atomic E-state index is -0.591. The SMILES string of the molecule is O=C(NC1CCC[C@H](Nc2nc(-c3[nH]nc4ncc(F)cc34)ncc2F)C1)c1ccsc1. The fourth-order valence-corrected chi connectivity index (χ4v) is 4.58. The highest BCUT2D eigenvalue weighted by Crippen LogP contribution is 2.27. The van der Waals surface area contributed by atoms with E-state index in [1.54, 1.807) is 6.07 Å². The molecule has 4 aromatic heterocycles. The number of rotatable bonds is 5. The molecule has 4 aromatic rings. The number of pyridine rings is 1. The van der Waals surface area contributed by atoms with Gasteiger partial charge in [0.1, 0.15) is 11.5 Å². The van der Waals surface area contributed by atoms with E-state index in [9.17, 15) is 13.6 Å². The Hall–Kier alpha value is -3.47. The van der Waals surface area contributed by atoms with Gasteiger partial charge in [-0.2, -0.15) is 16.4 Å². The van der Waals surface area contributed by atoms with Crippen molar-refractivity contribution in [2.45, 2.75) is 37.8 Å². The van der Waals surface area contributed by atoms with Gasteiger partial charge < -0.3 is 10.6 Å². The van der Waals surface area contributed by atoms with Gasteiger partial charge in [0.15, 0.2) is 23.1 Å². The fourth-order valence-electron chi connectivity index (χ4n) is 3.94. The quantitative estimate of drug-likeness (QED) is 0.421. The van der Waals surface area contributed by atoms with Crippen LogP contribution in [0, 0.1) is 11.6 Å². The Morgan fingerprint density at radius 2 is 2.06 bits per heavy atom. The van der Waals surface area contributed by atoms with Crippen molar-refractivity contribution in [1.82, 2.24) is 30.5 Å². The van der Waals surface area contributed by atoms with E-state index in [0.29, 0.717) is 28.7 Å². The summed E-state index contributed by atoms with van der Waals surface area (Å²) in [5.74, 6) is -0.970. The van der Waals surface area contributed by atoms with E-state index in [1.807, 2.05) is 10.8 Å². The van der Waals surface area contributed by atoms with E-state index < -0.39 is 11.6 Å². The summed E-state index contributed by atoms with van der Waals surface area (Å²) in [6, 6.07) is 3.00. The minimum Gasteiger partial charge on any atom is -0.365 e. The molecule has 1 saturated carbocycles. The predicted molar refractivity (Wildman–Crippen MR) is 116 cm³/mol. The first-order valence-electron chi connectivity index (χ1n) is 10.2. The third kappa shape index (κ3) is 4.15. The van der Waals surface area contributed by atoms with Gasteiger partial charge in [0.25, 0.3) is 5.91 Å². The molecule has 0 aromatic carbocycles. The summed E-state index contributed by atoms with van der Waals surface area (Å²) < 4.78 is 28.1. The van der Waals surface area contributed by atoms with E-state index in [4.69, 9.17) is 0 Å². The smallest absolute Gasteiger partial charge is 0.252 e.